The van der Waals surface area contributed by atoms with Gasteiger partial charge in [-0.3, -0.25) is 0 Å². The molecular formula is C22H18O. The molecule has 1 aliphatic carbocycles. The molecule has 0 radical (unpaired) electrons. The highest BCUT2D eigenvalue weighted by molar-refractivity contribution is 5.86. The monoisotopic (exact) mass is 298 g/mol. The van der Waals surface area contributed by atoms with E-state index in [9.17, 15) is 0 Å². The molecule has 0 bridgehead atoms. The van der Waals surface area contributed by atoms with Crippen molar-refractivity contribution in [1.29, 1.82) is 0 Å². The quantitative estimate of drug-likeness (QED) is 0.453. The molecule has 0 unspecified atom stereocenters. The highest BCUT2D eigenvalue weighted by Crippen LogP contribution is 2.43. The Labute approximate surface area is 136 Å². The summed E-state index contributed by atoms with van der Waals surface area (Å²) in [4.78, 5) is 0. The van der Waals surface area contributed by atoms with Crippen LogP contribution in [0.2, 0.25) is 0 Å². The minimum absolute atomic E-state index is 0.520. The van der Waals surface area contributed by atoms with E-state index in [1.807, 2.05) is 12.1 Å². The average molecular weight is 298 g/mol. The Hall–Kier alpha value is -2.80. The summed E-state index contributed by atoms with van der Waals surface area (Å²) in [6.45, 7) is 4.26. The second-order valence-electron chi connectivity index (χ2n) is 5.76. The number of ether oxygens (including phenoxy) is 1. The van der Waals surface area contributed by atoms with Gasteiger partial charge in [0.1, 0.15) is 12.4 Å². The molecule has 0 saturated heterocycles. The van der Waals surface area contributed by atoms with Crippen molar-refractivity contribution >= 4 is 0 Å². The molecule has 0 aliphatic heterocycles. The van der Waals surface area contributed by atoms with Crippen molar-refractivity contribution in [2.24, 2.45) is 0 Å². The van der Waals surface area contributed by atoms with Gasteiger partial charge in [-0.05, 0) is 40.3 Å². The first kappa shape index (κ1) is 13.8. The summed E-state index contributed by atoms with van der Waals surface area (Å²) in [6.07, 6.45) is 2.76. The van der Waals surface area contributed by atoms with Gasteiger partial charge in [-0.25, -0.2) is 0 Å². The second kappa shape index (κ2) is 5.77. The van der Waals surface area contributed by atoms with Crippen LogP contribution in [-0.4, -0.2) is 6.61 Å². The van der Waals surface area contributed by atoms with Gasteiger partial charge < -0.3 is 4.74 Å². The van der Waals surface area contributed by atoms with Gasteiger partial charge >= 0.3 is 0 Å². The fraction of sp³-hybridized carbons (Fsp3) is 0.0909. The third-order valence-corrected chi connectivity index (χ3v) is 4.38. The van der Waals surface area contributed by atoms with E-state index in [1.165, 1.54) is 27.8 Å². The largest absolute Gasteiger partial charge is 0.489 e. The standard InChI is InChI=1S/C22H18O/c1-2-14-23-22-13-6-5-10-20(22)19-12-7-11-18-17-9-4-3-8-16(17)15-21(18)19/h2-13H,1,14-15H2. The van der Waals surface area contributed by atoms with Gasteiger partial charge in [0.05, 0.1) is 0 Å². The third kappa shape index (κ3) is 2.35. The van der Waals surface area contributed by atoms with E-state index in [0.717, 1.165) is 17.7 Å². The summed E-state index contributed by atoms with van der Waals surface area (Å²) in [5.41, 5.74) is 7.91. The summed E-state index contributed by atoms with van der Waals surface area (Å²) in [5, 5.41) is 0. The maximum absolute atomic E-state index is 5.86. The normalized spacial score (nSPS) is 11.7. The van der Waals surface area contributed by atoms with Crippen molar-refractivity contribution < 1.29 is 4.74 Å². The molecule has 0 spiro atoms. The Morgan fingerprint density at radius 3 is 2.26 bits per heavy atom. The van der Waals surface area contributed by atoms with Gasteiger partial charge in [-0.15, -0.1) is 0 Å². The molecule has 1 nitrogen and oxygen atoms in total. The first-order valence-electron chi connectivity index (χ1n) is 7.92. The molecule has 0 fully saturated rings. The Bertz CT molecular complexity index is 877. The van der Waals surface area contributed by atoms with Crippen molar-refractivity contribution in [2.45, 2.75) is 6.42 Å². The summed E-state index contributed by atoms with van der Waals surface area (Å²) in [5.74, 6) is 0.914. The molecule has 1 aliphatic rings. The maximum atomic E-state index is 5.86. The first-order valence-corrected chi connectivity index (χ1v) is 7.92. The highest BCUT2D eigenvalue weighted by Gasteiger charge is 2.22. The van der Waals surface area contributed by atoms with Crippen LogP contribution in [0, 0.1) is 0 Å². The van der Waals surface area contributed by atoms with Gasteiger partial charge in [0.25, 0.3) is 0 Å². The zero-order valence-electron chi connectivity index (χ0n) is 13.0. The van der Waals surface area contributed by atoms with Gasteiger partial charge in [-0.1, -0.05) is 73.3 Å². The van der Waals surface area contributed by atoms with E-state index < -0.39 is 0 Å². The molecule has 0 N–H and O–H groups in total. The van der Waals surface area contributed by atoms with Crippen molar-refractivity contribution in [3.05, 3.63) is 90.5 Å². The van der Waals surface area contributed by atoms with Crippen LogP contribution in [0.25, 0.3) is 22.3 Å². The molecule has 0 atom stereocenters. The number of fused-ring (bicyclic) bond motifs is 3. The van der Waals surface area contributed by atoms with E-state index >= 15 is 0 Å². The maximum Gasteiger partial charge on any atom is 0.127 e. The molecule has 0 aromatic heterocycles. The molecule has 0 saturated carbocycles. The molecule has 0 amide bonds. The molecular weight excluding hydrogens is 280 g/mol. The molecule has 0 heterocycles. The van der Waals surface area contributed by atoms with Crippen molar-refractivity contribution in [2.75, 3.05) is 6.61 Å². The smallest absolute Gasteiger partial charge is 0.127 e. The Morgan fingerprint density at radius 2 is 1.43 bits per heavy atom. The second-order valence-corrected chi connectivity index (χ2v) is 5.76. The minimum Gasteiger partial charge on any atom is -0.489 e. The molecule has 112 valence electrons. The summed E-state index contributed by atoms with van der Waals surface area (Å²) in [7, 11) is 0. The lowest BCUT2D eigenvalue weighted by Crippen LogP contribution is -1.96. The Balaban J connectivity index is 1.86. The zero-order chi connectivity index (χ0) is 15.6. The van der Waals surface area contributed by atoms with Crippen LogP contribution in [0.15, 0.2) is 79.4 Å². The van der Waals surface area contributed by atoms with Crippen molar-refractivity contribution in [1.82, 2.24) is 0 Å². The van der Waals surface area contributed by atoms with Gasteiger partial charge in [-0.2, -0.15) is 0 Å². The van der Waals surface area contributed by atoms with Gasteiger partial charge in [0.2, 0.25) is 0 Å². The highest BCUT2D eigenvalue weighted by atomic mass is 16.5. The van der Waals surface area contributed by atoms with E-state index in [1.54, 1.807) is 6.08 Å². The fourth-order valence-electron chi connectivity index (χ4n) is 3.37. The lowest BCUT2D eigenvalue weighted by Gasteiger charge is -2.13. The van der Waals surface area contributed by atoms with E-state index in [4.69, 9.17) is 4.74 Å². The zero-order valence-corrected chi connectivity index (χ0v) is 13.0. The predicted molar refractivity (Wildman–Crippen MR) is 95.8 cm³/mol. The lowest BCUT2D eigenvalue weighted by atomic mass is 9.95. The van der Waals surface area contributed by atoms with Crippen molar-refractivity contribution in [3.8, 4) is 28.0 Å². The number of benzene rings is 3. The average Bonchev–Trinajstić information content (AvgIpc) is 2.99. The summed E-state index contributed by atoms with van der Waals surface area (Å²) < 4.78 is 5.86. The number of rotatable bonds is 4. The SMILES string of the molecule is C=CCOc1ccccc1-c1cccc2c1Cc1ccccc1-2. The third-order valence-electron chi connectivity index (χ3n) is 4.38. The van der Waals surface area contributed by atoms with Crippen LogP contribution < -0.4 is 4.74 Å². The number of hydrogen-bond acceptors (Lipinski definition) is 1. The molecule has 4 rings (SSSR count). The molecule has 23 heavy (non-hydrogen) atoms. The van der Waals surface area contributed by atoms with Gasteiger partial charge in [0, 0.05) is 5.56 Å². The topological polar surface area (TPSA) is 9.23 Å². The van der Waals surface area contributed by atoms with Crippen LogP contribution >= 0.6 is 0 Å². The summed E-state index contributed by atoms with van der Waals surface area (Å²) >= 11 is 0. The van der Waals surface area contributed by atoms with Crippen LogP contribution in [0.5, 0.6) is 5.75 Å². The lowest BCUT2D eigenvalue weighted by molar-refractivity contribution is 0.364. The van der Waals surface area contributed by atoms with Crippen LogP contribution in [0.1, 0.15) is 11.1 Å². The number of para-hydroxylation sites is 1. The van der Waals surface area contributed by atoms with E-state index in [-0.39, 0.29) is 0 Å². The fourth-order valence-corrected chi connectivity index (χ4v) is 3.37. The Kier molecular flexibility index (Phi) is 3.47. The predicted octanol–water partition coefficient (Wildman–Crippen LogP) is 5.49. The summed E-state index contributed by atoms with van der Waals surface area (Å²) in [6, 6.07) is 23.5. The van der Waals surface area contributed by atoms with E-state index in [0.29, 0.717) is 6.61 Å². The minimum atomic E-state index is 0.520. The molecule has 3 aromatic rings. The van der Waals surface area contributed by atoms with E-state index in [2.05, 4.69) is 61.2 Å². The first-order chi connectivity index (χ1) is 11.4. The molecule has 1 heteroatoms. The molecule has 3 aromatic carbocycles. The van der Waals surface area contributed by atoms with Gasteiger partial charge in [0.15, 0.2) is 0 Å². The number of hydrogen-bond donors (Lipinski definition) is 0. The Morgan fingerprint density at radius 1 is 0.783 bits per heavy atom. The van der Waals surface area contributed by atoms with Crippen LogP contribution in [0.4, 0.5) is 0 Å². The van der Waals surface area contributed by atoms with Crippen LogP contribution in [0.3, 0.4) is 0 Å². The van der Waals surface area contributed by atoms with Crippen molar-refractivity contribution in [3.63, 3.8) is 0 Å². The van der Waals surface area contributed by atoms with Crippen LogP contribution in [-0.2, 0) is 6.42 Å².